The van der Waals surface area contributed by atoms with Crippen LogP contribution in [0.5, 0.6) is 0 Å². The molecule has 1 saturated heterocycles. The Hall–Kier alpha value is -1.79. The molecule has 0 radical (unpaired) electrons. The van der Waals surface area contributed by atoms with Gasteiger partial charge in [-0.05, 0) is 12.3 Å². The van der Waals surface area contributed by atoms with Gasteiger partial charge in [-0.2, -0.15) is 0 Å². The number of nitrogens with one attached hydrogen (secondary N) is 2. The number of urea groups is 1. The van der Waals surface area contributed by atoms with Gasteiger partial charge in [-0.15, -0.1) is 0 Å². The molecule has 3 amide bonds. The second kappa shape index (κ2) is 6.83. The molecule has 0 saturated carbocycles. The number of carbonyl (C=O) groups is 2. The molecule has 0 spiro atoms. The Kier molecular flexibility index (Phi) is 5.41. The molecule has 7 heteroatoms. The van der Waals surface area contributed by atoms with E-state index in [1.807, 2.05) is 0 Å². The highest BCUT2D eigenvalue weighted by molar-refractivity contribution is 6.01. The third kappa shape index (κ3) is 4.60. The molecular weight excluding hydrogens is 234 g/mol. The summed E-state index contributed by atoms with van der Waals surface area (Å²) in [4.78, 5) is 27.8. The molecule has 102 valence electrons. The first-order valence-corrected chi connectivity index (χ1v) is 6.12. The summed E-state index contributed by atoms with van der Waals surface area (Å²) in [5.41, 5.74) is 5.65. The van der Waals surface area contributed by atoms with E-state index in [1.165, 1.54) is 0 Å². The Morgan fingerprint density at radius 1 is 1.56 bits per heavy atom. The topological polar surface area (TPSA) is 99.8 Å². The first-order valence-electron chi connectivity index (χ1n) is 6.12. The van der Waals surface area contributed by atoms with E-state index in [1.54, 1.807) is 0 Å². The Morgan fingerprint density at radius 2 is 2.28 bits per heavy atom. The summed E-state index contributed by atoms with van der Waals surface area (Å²) >= 11 is 0. The van der Waals surface area contributed by atoms with Gasteiger partial charge < -0.3 is 16.4 Å². The summed E-state index contributed by atoms with van der Waals surface area (Å²) in [6.07, 6.45) is 0.982. The van der Waals surface area contributed by atoms with Crippen molar-refractivity contribution in [3.8, 4) is 0 Å². The van der Waals surface area contributed by atoms with Gasteiger partial charge in [-0.3, -0.25) is 14.7 Å². The highest BCUT2D eigenvalue weighted by atomic mass is 16.2. The van der Waals surface area contributed by atoms with Gasteiger partial charge in [0.25, 0.3) is 0 Å². The van der Waals surface area contributed by atoms with Crippen LogP contribution in [0.25, 0.3) is 0 Å². The SMILES string of the molecule is CC(C)CCN=C(N)NCCN1C(=O)CNC1=O. The molecule has 4 N–H and O–H groups in total. The van der Waals surface area contributed by atoms with Gasteiger partial charge in [0.05, 0.1) is 6.54 Å². The van der Waals surface area contributed by atoms with Gasteiger partial charge in [0.15, 0.2) is 5.96 Å². The lowest BCUT2D eigenvalue weighted by Gasteiger charge is -2.13. The second-order valence-electron chi connectivity index (χ2n) is 4.58. The minimum absolute atomic E-state index is 0.0802. The summed E-state index contributed by atoms with van der Waals surface area (Å²) in [7, 11) is 0. The van der Waals surface area contributed by atoms with E-state index < -0.39 is 0 Å². The summed E-state index contributed by atoms with van der Waals surface area (Å²) in [5.74, 6) is 0.729. The second-order valence-corrected chi connectivity index (χ2v) is 4.58. The van der Waals surface area contributed by atoms with Crippen molar-refractivity contribution in [2.75, 3.05) is 26.2 Å². The van der Waals surface area contributed by atoms with Gasteiger partial charge in [0.2, 0.25) is 5.91 Å². The molecule has 7 nitrogen and oxygen atoms in total. The quantitative estimate of drug-likeness (QED) is 0.338. The molecule has 1 aliphatic heterocycles. The van der Waals surface area contributed by atoms with Crippen molar-refractivity contribution in [2.24, 2.45) is 16.6 Å². The lowest BCUT2D eigenvalue weighted by atomic mass is 10.1. The summed E-state index contributed by atoms with van der Waals surface area (Å²) in [6.45, 7) is 5.71. The van der Waals surface area contributed by atoms with Crippen LogP contribution >= 0.6 is 0 Å². The van der Waals surface area contributed by atoms with Crippen LogP contribution in [-0.4, -0.2) is 49.0 Å². The molecule has 1 aliphatic rings. The maximum Gasteiger partial charge on any atom is 0.324 e. The number of carbonyl (C=O) groups excluding carboxylic acids is 2. The van der Waals surface area contributed by atoms with Crippen LogP contribution in [0.3, 0.4) is 0 Å². The fourth-order valence-electron chi connectivity index (χ4n) is 1.48. The van der Waals surface area contributed by atoms with Crippen LogP contribution < -0.4 is 16.4 Å². The Morgan fingerprint density at radius 3 is 2.83 bits per heavy atom. The predicted octanol–water partition coefficient (Wildman–Crippen LogP) is -0.511. The minimum Gasteiger partial charge on any atom is -0.370 e. The van der Waals surface area contributed by atoms with E-state index in [-0.39, 0.29) is 18.5 Å². The number of nitrogens with zero attached hydrogens (tertiary/aromatic N) is 2. The lowest BCUT2D eigenvalue weighted by Crippen LogP contribution is -2.41. The van der Waals surface area contributed by atoms with Crippen LogP contribution in [0, 0.1) is 5.92 Å². The zero-order chi connectivity index (χ0) is 13.5. The van der Waals surface area contributed by atoms with Crippen molar-refractivity contribution in [3.63, 3.8) is 0 Å². The van der Waals surface area contributed by atoms with Gasteiger partial charge in [-0.25, -0.2) is 4.79 Å². The summed E-state index contributed by atoms with van der Waals surface area (Å²) < 4.78 is 0. The molecule has 0 atom stereocenters. The molecule has 1 fully saturated rings. The number of imide groups is 1. The maximum absolute atomic E-state index is 11.3. The van der Waals surface area contributed by atoms with Crippen LogP contribution in [0.1, 0.15) is 20.3 Å². The van der Waals surface area contributed by atoms with Crippen molar-refractivity contribution in [2.45, 2.75) is 20.3 Å². The van der Waals surface area contributed by atoms with Gasteiger partial charge in [-0.1, -0.05) is 13.8 Å². The van der Waals surface area contributed by atoms with Crippen LogP contribution in [0.4, 0.5) is 4.79 Å². The fraction of sp³-hybridized carbons (Fsp3) is 0.727. The summed E-state index contributed by atoms with van der Waals surface area (Å²) in [5, 5.41) is 5.33. The molecule has 0 aromatic heterocycles. The smallest absolute Gasteiger partial charge is 0.324 e. The number of amides is 3. The molecule has 1 rings (SSSR count). The van der Waals surface area contributed by atoms with Crippen LogP contribution in [-0.2, 0) is 4.79 Å². The highest BCUT2D eigenvalue weighted by Crippen LogP contribution is 1.98. The normalized spacial score (nSPS) is 16.4. The predicted molar refractivity (Wildman–Crippen MR) is 69.1 cm³/mol. The number of hydrogen-bond acceptors (Lipinski definition) is 3. The van der Waals surface area contributed by atoms with E-state index in [0.717, 1.165) is 11.3 Å². The fourth-order valence-corrected chi connectivity index (χ4v) is 1.48. The molecule has 0 aromatic rings. The van der Waals surface area contributed by atoms with Gasteiger partial charge >= 0.3 is 6.03 Å². The third-order valence-electron chi connectivity index (χ3n) is 2.57. The summed E-state index contributed by atoms with van der Waals surface area (Å²) in [6, 6.07) is -0.350. The van der Waals surface area contributed by atoms with Crippen molar-refractivity contribution in [1.29, 1.82) is 0 Å². The molecule has 18 heavy (non-hydrogen) atoms. The first-order chi connectivity index (χ1) is 8.50. The molecule has 1 heterocycles. The van der Waals surface area contributed by atoms with Crippen LogP contribution in [0.15, 0.2) is 4.99 Å². The van der Waals surface area contributed by atoms with E-state index >= 15 is 0 Å². The van der Waals surface area contributed by atoms with Crippen LogP contribution in [0.2, 0.25) is 0 Å². The lowest BCUT2D eigenvalue weighted by molar-refractivity contribution is -0.124. The monoisotopic (exact) mass is 255 g/mol. The van der Waals surface area contributed by atoms with Gasteiger partial charge in [0.1, 0.15) is 0 Å². The first kappa shape index (κ1) is 14.3. The molecule has 0 aromatic carbocycles. The largest absolute Gasteiger partial charge is 0.370 e. The number of aliphatic imine (C=N–C) groups is 1. The average molecular weight is 255 g/mol. The van der Waals surface area contributed by atoms with E-state index in [4.69, 9.17) is 5.73 Å². The Labute approximate surface area is 107 Å². The van der Waals surface area contributed by atoms with E-state index in [9.17, 15) is 9.59 Å². The molecule has 0 aliphatic carbocycles. The zero-order valence-corrected chi connectivity index (χ0v) is 10.9. The molecule has 0 bridgehead atoms. The maximum atomic E-state index is 11.3. The standard InChI is InChI=1S/C11H21N5O2/c1-8(2)3-4-13-10(12)14-5-6-16-9(17)7-15-11(16)18/h8H,3-7H2,1-2H3,(H,15,18)(H3,12,13,14). The van der Waals surface area contributed by atoms with Gasteiger partial charge in [0, 0.05) is 19.6 Å². The number of nitrogens with two attached hydrogens (primary N) is 1. The molecule has 0 unspecified atom stereocenters. The minimum atomic E-state index is -0.350. The third-order valence-corrected chi connectivity index (χ3v) is 2.57. The van der Waals surface area contributed by atoms with Crippen molar-refractivity contribution >= 4 is 17.9 Å². The number of rotatable bonds is 6. The average Bonchev–Trinajstić information content (AvgIpc) is 2.60. The zero-order valence-electron chi connectivity index (χ0n) is 10.9. The highest BCUT2D eigenvalue weighted by Gasteiger charge is 2.27. The van der Waals surface area contributed by atoms with E-state index in [0.29, 0.717) is 31.5 Å². The number of hydrogen-bond donors (Lipinski definition) is 3. The van der Waals surface area contributed by atoms with Crippen molar-refractivity contribution < 1.29 is 9.59 Å². The number of guanidine groups is 1. The van der Waals surface area contributed by atoms with E-state index in [2.05, 4.69) is 29.5 Å². The molecular formula is C11H21N5O2. The Balaban J connectivity index is 2.20. The van der Waals surface area contributed by atoms with Crippen molar-refractivity contribution in [3.05, 3.63) is 0 Å². The Bertz CT molecular complexity index is 324. The van der Waals surface area contributed by atoms with Crippen molar-refractivity contribution in [1.82, 2.24) is 15.5 Å².